The van der Waals surface area contributed by atoms with E-state index in [1.165, 1.54) is 23.1 Å². The van der Waals surface area contributed by atoms with Crippen LogP contribution < -0.4 is 5.56 Å². The standard InChI is InChI=1S/C19H13N5O2S3/c1-10(29-19-24-23-17(26-19)11-4-2-6-20-8-11)15-21-16(25)14-12(9-28-18(14)22-15)13-5-3-7-27-13/h2-10H,1H3,(H,21,22,25)/t10-/m1/s1. The van der Waals surface area contributed by atoms with Crippen molar-refractivity contribution in [1.82, 2.24) is 25.1 Å². The molecule has 0 saturated heterocycles. The van der Waals surface area contributed by atoms with Crippen molar-refractivity contribution in [3.05, 3.63) is 63.6 Å². The lowest BCUT2D eigenvalue weighted by atomic mass is 10.2. The average molecular weight is 440 g/mol. The predicted molar refractivity (Wildman–Crippen MR) is 115 cm³/mol. The normalized spacial score (nSPS) is 12.4. The van der Waals surface area contributed by atoms with E-state index < -0.39 is 0 Å². The smallest absolute Gasteiger partial charge is 0.277 e. The maximum absolute atomic E-state index is 12.8. The molecular weight excluding hydrogens is 426 g/mol. The Bertz CT molecular complexity index is 1330. The van der Waals surface area contributed by atoms with E-state index in [9.17, 15) is 4.79 Å². The predicted octanol–water partition coefficient (Wildman–Crippen LogP) is 5.01. The van der Waals surface area contributed by atoms with Crippen LogP contribution in [0.25, 0.3) is 32.1 Å². The Balaban J connectivity index is 1.42. The fourth-order valence-corrected chi connectivity index (χ4v) is 5.35. The number of H-pyrrole nitrogens is 1. The van der Waals surface area contributed by atoms with Gasteiger partial charge in [-0.05, 0) is 30.5 Å². The van der Waals surface area contributed by atoms with Gasteiger partial charge in [0, 0.05) is 28.2 Å². The first-order valence-electron chi connectivity index (χ1n) is 8.65. The van der Waals surface area contributed by atoms with Crippen LogP contribution in [0.2, 0.25) is 0 Å². The zero-order valence-corrected chi connectivity index (χ0v) is 17.5. The molecule has 144 valence electrons. The van der Waals surface area contributed by atoms with Crippen molar-refractivity contribution in [2.75, 3.05) is 0 Å². The second-order valence-electron chi connectivity index (χ2n) is 6.13. The molecule has 1 atom stereocenters. The number of aromatic amines is 1. The van der Waals surface area contributed by atoms with Gasteiger partial charge in [-0.2, -0.15) is 0 Å². The van der Waals surface area contributed by atoms with Crippen molar-refractivity contribution < 1.29 is 4.42 Å². The third kappa shape index (κ3) is 3.50. The first-order chi connectivity index (χ1) is 14.2. The van der Waals surface area contributed by atoms with E-state index in [4.69, 9.17) is 4.42 Å². The SMILES string of the molecule is C[C@@H](Sc1nnc(-c2cccnc2)o1)c1nc2scc(-c3cccs3)c2c(=O)[nH]1. The van der Waals surface area contributed by atoms with E-state index in [0.29, 0.717) is 22.3 Å². The van der Waals surface area contributed by atoms with Crippen molar-refractivity contribution in [3.8, 4) is 21.9 Å². The molecule has 5 heterocycles. The number of nitrogens with zero attached hydrogens (tertiary/aromatic N) is 4. The second-order valence-corrected chi connectivity index (χ2v) is 9.23. The van der Waals surface area contributed by atoms with Gasteiger partial charge in [-0.1, -0.05) is 17.8 Å². The number of thiophene rings is 2. The van der Waals surface area contributed by atoms with Crippen LogP contribution in [0, 0.1) is 0 Å². The summed E-state index contributed by atoms with van der Waals surface area (Å²) in [6, 6.07) is 7.65. The van der Waals surface area contributed by atoms with Gasteiger partial charge in [-0.25, -0.2) is 4.98 Å². The second kappa shape index (κ2) is 7.54. The van der Waals surface area contributed by atoms with Crippen molar-refractivity contribution in [3.63, 3.8) is 0 Å². The van der Waals surface area contributed by atoms with Crippen LogP contribution in [-0.2, 0) is 0 Å². The third-order valence-corrected chi connectivity index (χ3v) is 6.95. The van der Waals surface area contributed by atoms with Crippen molar-refractivity contribution in [2.45, 2.75) is 17.4 Å². The molecule has 29 heavy (non-hydrogen) atoms. The summed E-state index contributed by atoms with van der Waals surface area (Å²) in [6.45, 7) is 1.94. The van der Waals surface area contributed by atoms with Crippen LogP contribution in [0.4, 0.5) is 0 Å². The Morgan fingerprint density at radius 1 is 1.21 bits per heavy atom. The van der Waals surface area contributed by atoms with Gasteiger partial charge < -0.3 is 9.40 Å². The van der Waals surface area contributed by atoms with Gasteiger partial charge in [0.25, 0.3) is 10.8 Å². The first-order valence-corrected chi connectivity index (χ1v) is 11.3. The molecule has 0 unspecified atom stereocenters. The van der Waals surface area contributed by atoms with Gasteiger partial charge in [0.1, 0.15) is 10.7 Å². The molecule has 0 saturated carbocycles. The first kappa shape index (κ1) is 18.2. The molecule has 0 radical (unpaired) electrons. The van der Waals surface area contributed by atoms with E-state index in [1.807, 2.05) is 41.9 Å². The zero-order valence-electron chi connectivity index (χ0n) is 15.0. The molecule has 5 aromatic rings. The Morgan fingerprint density at radius 2 is 2.14 bits per heavy atom. The van der Waals surface area contributed by atoms with Gasteiger partial charge in [-0.3, -0.25) is 9.78 Å². The molecule has 0 aromatic carbocycles. The molecule has 0 aliphatic rings. The average Bonchev–Trinajstić information content (AvgIpc) is 3.49. The summed E-state index contributed by atoms with van der Waals surface area (Å²) in [5.74, 6) is 0.983. The van der Waals surface area contributed by atoms with Gasteiger partial charge in [0.2, 0.25) is 5.89 Å². The van der Waals surface area contributed by atoms with Gasteiger partial charge in [0.05, 0.1) is 16.2 Å². The largest absolute Gasteiger partial charge is 0.411 e. The van der Waals surface area contributed by atoms with E-state index in [1.54, 1.807) is 23.7 Å². The lowest BCUT2D eigenvalue weighted by Gasteiger charge is -2.07. The molecule has 7 nitrogen and oxygen atoms in total. The molecular formula is C19H13N5O2S3. The van der Waals surface area contributed by atoms with E-state index in [2.05, 4.69) is 25.1 Å². The summed E-state index contributed by atoms with van der Waals surface area (Å²) in [6.07, 6.45) is 3.35. The molecule has 0 aliphatic carbocycles. The summed E-state index contributed by atoms with van der Waals surface area (Å²) < 4.78 is 5.72. The minimum Gasteiger partial charge on any atom is -0.411 e. The number of pyridine rings is 1. The van der Waals surface area contributed by atoms with Gasteiger partial charge in [-0.15, -0.1) is 32.9 Å². The molecule has 1 N–H and O–H groups in total. The lowest BCUT2D eigenvalue weighted by Crippen LogP contribution is -2.12. The number of thioether (sulfide) groups is 1. The van der Waals surface area contributed by atoms with Crippen molar-refractivity contribution >= 4 is 44.7 Å². The summed E-state index contributed by atoms with van der Waals surface area (Å²) in [5.41, 5.74) is 1.55. The fourth-order valence-electron chi connectivity index (χ4n) is 2.84. The number of nitrogens with one attached hydrogen (secondary N) is 1. The molecule has 0 amide bonds. The van der Waals surface area contributed by atoms with Crippen LogP contribution >= 0.6 is 34.4 Å². The van der Waals surface area contributed by atoms with Gasteiger partial charge in [0.15, 0.2) is 0 Å². The fraction of sp³-hybridized carbons (Fsp3) is 0.105. The number of hydrogen-bond donors (Lipinski definition) is 1. The highest BCUT2D eigenvalue weighted by atomic mass is 32.2. The molecule has 5 aromatic heterocycles. The van der Waals surface area contributed by atoms with Crippen LogP contribution in [0.3, 0.4) is 0 Å². The number of hydrogen-bond acceptors (Lipinski definition) is 9. The Labute approximate surface area is 176 Å². The van der Waals surface area contributed by atoms with Gasteiger partial charge >= 0.3 is 0 Å². The minimum atomic E-state index is -0.165. The minimum absolute atomic E-state index is 0.135. The third-order valence-electron chi connectivity index (χ3n) is 4.23. The van der Waals surface area contributed by atoms with Crippen molar-refractivity contribution in [1.29, 1.82) is 0 Å². The highest BCUT2D eigenvalue weighted by Crippen LogP contribution is 2.36. The lowest BCUT2D eigenvalue weighted by molar-refractivity contribution is 0.464. The van der Waals surface area contributed by atoms with Crippen LogP contribution in [0.5, 0.6) is 0 Å². The number of rotatable bonds is 5. The molecule has 5 rings (SSSR count). The Kier molecular flexibility index (Phi) is 4.74. The monoisotopic (exact) mass is 439 g/mol. The molecule has 0 bridgehead atoms. The number of aromatic nitrogens is 5. The van der Waals surface area contributed by atoms with Crippen LogP contribution in [0.1, 0.15) is 18.0 Å². The Hall–Kier alpha value is -2.82. The highest BCUT2D eigenvalue weighted by molar-refractivity contribution is 7.99. The quantitative estimate of drug-likeness (QED) is 0.384. The molecule has 10 heteroatoms. The molecule has 0 aliphatic heterocycles. The maximum Gasteiger partial charge on any atom is 0.277 e. The summed E-state index contributed by atoms with van der Waals surface area (Å²) in [7, 11) is 0. The van der Waals surface area contributed by atoms with E-state index in [0.717, 1.165) is 20.8 Å². The van der Waals surface area contributed by atoms with E-state index in [-0.39, 0.29) is 10.8 Å². The maximum atomic E-state index is 12.8. The summed E-state index contributed by atoms with van der Waals surface area (Å²) in [5, 5.41) is 13.0. The molecule has 0 spiro atoms. The zero-order chi connectivity index (χ0) is 19.8. The topological polar surface area (TPSA) is 97.6 Å². The van der Waals surface area contributed by atoms with Crippen molar-refractivity contribution in [2.24, 2.45) is 0 Å². The summed E-state index contributed by atoms with van der Waals surface area (Å²) >= 11 is 4.43. The summed E-state index contributed by atoms with van der Waals surface area (Å²) in [4.78, 5) is 26.2. The number of fused-ring (bicyclic) bond motifs is 1. The molecule has 0 fully saturated rings. The van der Waals surface area contributed by atoms with Crippen LogP contribution in [0.15, 0.2) is 61.9 Å². The highest BCUT2D eigenvalue weighted by Gasteiger charge is 2.19. The Morgan fingerprint density at radius 3 is 2.93 bits per heavy atom. The van der Waals surface area contributed by atoms with E-state index >= 15 is 0 Å². The van der Waals surface area contributed by atoms with Crippen LogP contribution in [-0.4, -0.2) is 25.1 Å².